The fourth-order valence-corrected chi connectivity index (χ4v) is 2.43. The van der Waals surface area contributed by atoms with Crippen LogP contribution in [-0.4, -0.2) is 29.6 Å². The van der Waals surface area contributed by atoms with E-state index in [1.165, 1.54) is 25.9 Å². The number of likely N-dealkylation sites (tertiary alicyclic amines) is 1. The summed E-state index contributed by atoms with van der Waals surface area (Å²) in [5.41, 5.74) is 1.04. The first-order valence-electron chi connectivity index (χ1n) is 6.71. The quantitative estimate of drug-likeness (QED) is 0.864. The van der Waals surface area contributed by atoms with Crippen molar-refractivity contribution in [3.05, 3.63) is 35.9 Å². The maximum Gasteiger partial charge on any atom is 0.0802 e. The molecule has 1 N–H and O–H groups in total. The minimum Gasteiger partial charge on any atom is -0.388 e. The fraction of sp³-hybridized carbons (Fsp3) is 0.600. The van der Waals surface area contributed by atoms with Gasteiger partial charge in [0.2, 0.25) is 0 Å². The average molecular weight is 233 g/mol. The third-order valence-corrected chi connectivity index (χ3v) is 3.78. The lowest BCUT2D eigenvalue weighted by atomic mass is 9.98. The second-order valence-electron chi connectivity index (χ2n) is 5.24. The number of nitrogens with zero attached hydrogens (tertiary/aromatic N) is 1. The average Bonchev–Trinajstić information content (AvgIpc) is 2.39. The standard InChI is InChI=1S/C15H23NO/c1-13-7-10-16(11-8-13)12-9-15(17)14-5-3-2-4-6-14/h2-6,13,15,17H,7-12H2,1H3/t15-/m1/s1. The third kappa shape index (κ3) is 3.83. The van der Waals surface area contributed by atoms with E-state index in [1.807, 2.05) is 30.3 Å². The van der Waals surface area contributed by atoms with Gasteiger partial charge in [0.05, 0.1) is 6.10 Å². The number of aliphatic hydroxyl groups is 1. The molecule has 94 valence electrons. The number of piperidine rings is 1. The predicted molar refractivity (Wildman–Crippen MR) is 70.9 cm³/mol. The summed E-state index contributed by atoms with van der Waals surface area (Å²) in [6.07, 6.45) is 3.15. The van der Waals surface area contributed by atoms with Gasteiger partial charge in [0.1, 0.15) is 0 Å². The molecule has 0 amide bonds. The van der Waals surface area contributed by atoms with Gasteiger partial charge in [-0.05, 0) is 43.8 Å². The fourth-order valence-electron chi connectivity index (χ4n) is 2.43. The highest BCUT2D eigenvalue weighted by Gasteiger charge is 2.16. The van der Waals surface area contributed by atoms with Crippen LogP contribution in [0.3, 0.4) is 0 Å². The molecule has 1 heterocycles. The van der Waals surface area contributed by atoms with Gasteiger partial charge in [-0.2, -0.15) is 0 Å². The van der Waals surface area contributed by atoms with Crippen LogP contribution < -0.4 is 0 Å². The second-order valence-corrected chi connectivity index (χ2v) is 5.24. The Morgan fingerprint density at radius 1 is 1.24 bits per heavy atom. The number of hydrogen-bond donors (Lipinski definition) is 1. The third-order valence-electron chi connectivity index (χ3n) is 3.78. The molecule has 1 atom stereocenters. The molecule has 1 aromatic carbocycles. The monoisotopic (exact) mass is 233 g/mol. The Morgan fingerprint density at radius 3 is 2.53 bits per heavy atom. The zero-order valence-electron chi connectivity index (χ0n) is 10.7. The van der Waals surface area contributed by atoms with E-state index in [-0.39, 0.29) is 6.10 Å². The molecular weight excluding hydrogens is 210 g/mol. The van der Waals surface area contributed by atoms with Crippen LogP contribution >= 0.6 is 0 Å². The van der Waals surface area contributed by atoms with Gasteiger partial charge in [0.15, 0.2) is 0 Å². The Balaban J connectivity index is 1.75. The molecule has 0 saturated carbocycles. The van der Waals surface area contributed by atoms with E-state index in [9.17, 15) is 5.11 Å². The van der Waals surface area contributed by atoms with Gasteiger partial charge in [-0.25, -0.2) is 0 Å². The number of aliphatic hydroxyl groups excluding tert-OH is 1. The summed E-state index contributed by atoms with van der Waals surface area (Å²) < 4.78 is 0. The van der Waals surface area contributed by atoms with Crippen molar-refractivity contribution in [3.8, 4) is 0 Å². The maximum atomic E-state index is 10.1. The van der Waals surface area contributed by atoms with Crippen LogP contribution in [0.1, 0.15) is 37.9 Å². The maximum absolute atomic E-state index is 10.1. The molecule has 1 aromatic rings. The Morgan fingerprint density at radius 2 is 1.88 bits per heavy atom. The van der Waals surface area contributed by atoms with Gasteiger partial charge in [-0.1, -0.05) is 37.3 Å². The molecule has 0 aliphatic carbocycles. The van der Waals surface area contributed by atoms with E-state index >= 15 is 0 Å². The molecule has 1 aliphatic rings. The summed E-state index contributed by atoms with van der Waals surface area (Å²) in [5, 5.41) is 10.1. The Bertz CT molecular complexity index is 317. The highest BCUT2D eigenvalue weighted by atomic mass is 16.3. The molecule has 0 aromatic heterocycles. The van der Waals surface area contributed by atoms with Gasteiger partial charge in [-0.3, -0.25) is 0 Å². The van der Waals surface area contributed by atoms with Crippen LogP contribution in [0.15, 0.2) is 30.3 Å². The minimum absolute atomic E-state index is 0.310. The first-order chi connectivity index (χ1) is 8.25. The number of benzene rings is 1. The molecule has 2 heteroatoms. The van der Waals surface area contributed by atoms with E-state index in [2.05, 4.69) is 11.8 Å². The smallest absolute Gasteiger partial charge is 0.0802 e. The summed E-state index contributed by atoms with van der Waals surface area (Å²) in [4.78, 5) is 2.48. The van der Waals surface area contributed by atoms with E-state index in [0.717, 1.165) is 24.4 Å². The van der Waals surface area contributed by atoms with Crippen molar-refractivity contribution >= 4 is 0 Å². The second kappa shape index (κ2) is 6.18. The van der Waals surface area contributed by atoms with E-state index < -0.39 is 0 Å². The zero-order chi connectivity index (χ0) is 12.1. The van der Waals surface area contributed by atoms with Crippen molar-refractivity contribution in [2.24, 2.45) is 5.92 Å². The molecule has 2 rings (SSSR count). The van der Waals surface area contributed by atoms with Crippen molar-refractivity contribution in [3.63, 3.8) is 0 Å². The lowest BCUT2D eigenvalue weighted by molar-refractivity contribution is 0.125. The van der Waals surface area contributed by atoms with Crippen molar-refractivity contribution < 1.29 is 5.11 Å². The van der Waals surface area contributed by atoms with Crippen LogP contribution in [0.2, 0.25) is 0 Å². The first kappa shape index (κ1) is 12.6. The Hall–Kier alpha value is -0.860. The van der Waals surface area contributed by atoms with Crippen LogP contribution in [0.4, 0.5) is 0 Å². The number of rotatable bonds is 4. The van der Waals surface area contributed by atoms with Gasteiger partial charge in [-0.15, -0.1) is 0 Å². The topological polar surface area (TPSA) is 23.5 Å². The molecule has 0 unspecified atom stereocenters. The first-order valence-corrected chi connectivity index (χ1v) is 6.71. The lowest BCUT2D eigenvalue weighted by Crippen LogP contribution is -2.34. The van der Waals surface area contributed by atoms with Crippen LogP contribution in [0.25, 0.3) is 0 Å². The molecular formula is C15H23NO. The molecule has 0 radical (unpaired) electrons. The highest BCUT2D eigenvalue weighted by Crippen LogP contribution is 2.20. The van der Waals surface area contributed by atoms with Gasteiger partial charge < -0.3 is 10.0 Å². The van der Waals surface area contributed by atoms with Gasteiger partial charge >= 0.3 is 0 Å². The van der Waals surface area contributed by atoms with Crippen molar-refractivity contribution in [2.45, 2.75) is 32.3 Å². The summed E-state index contributed by atoms with van der Waals surface area (Å²) >= 11 is 0. The largest absolute Gasteiger partial charge is 0.388 e. The minimum atomic E-state index is -0.310. The Kier molecular flexibility index (Phi) is 4.57. The van der Waals surface area contributed by atoms with Gasteiger partial charge in [0.25, 0.3) is 0 Å². The zero-order valence-corrected chi connectivity index (χ0v) is 10.7. The predicted octanol–water partition coefficient (Wildman–Crippen LogP) is 2.84. The van der Waals surface area contributed by atoms with Crippen molar-refractivity contribution in [2.75, 3.05) is 19.6 Å². The van der Waals surface area contributed by atoms with Gasteiger partial charge in [0, 0.05) is 6.54 Å². The summed E-state index contributed by atoms with van der Waals surface area (Å²) in [6, 6.07) is 9.97. The molecule has 0 spiro atoms. The lowest BCUT2D eigenvalue weighted by Gasteiger charge is -2.30. The molecule has 1 aliphatic heterocycles. The summed E-state index contributed by atoms with van der Waals surface area (Å²) in [7, 11) is 0. The molecule has 1 saturated heterocycles. The molecule has 2 nitrogen and oxygen atoms in total. The number of hydrogen-bond acceptors (Lipinski definition) is 2. The van der Waals surface area contributed by atoms with E-state index in [4.69, 9.17) is 0 Å². The van der Waals surface area contributed by atoms with E-state index in [1.54, 1.807) is 0 Å². The normalized spacial score (nSPS) is 20.4. The van der Waals surface area contributed by atoms with E-state index in [0.29, 0.717) is 0 Å². The van der Waals surface area contributed by atoms with Crippen LogP contribution in [0.5, 0.6) is 0 Å². The molecule has 1 fully saturated rings. The van der Waals surface area contributed by atoms with Crippen molar-refractivity contribution in [1.82, 2.24) is 4.90 Å². The molecule has 0 bridgehead atoms. The van der Waals surface area contributed by atoms with Crippen molar-refractivity contribution in [1.29, 1.82) is 0 Å². The SMILES string of the molecule is CC1CCN(CC[C@@H](O)c2ccccc2)CC1. The van der Waals surface area contributed by atoms with Crippen LogP contribution in [-0.2, 0) is 0 Å². The summed E-state index contributed by atoms with van der Waals surface area (Å²) in [6.45, 7) is 5.74. The molecule has 17 heavy (non-hydrogen) atoms. The highest BCUT2D eigenvalue weighted by molar-refractivity contribution is 5.17. The van der Waals surface area contributed by atoms with Crippen LogP contribution in [0, 0.1) is 5.92 Å². The Labute approximate surface area is 104 Å². The summed E-state index contributed by atoms with van der Waals surface area (Å²) in [5.74, 6) is 0.880.